The van der Waals surface area contributed by atoms with Gasteiger partial charge in [-0.2, -0.15) is 19.6 Å². The Morgan fingerprint density at radius 3 is 2.90 bits per heavy atom. The molecule has 1 aliphatic rings. The van der Waals surface area contributed by atoms with Crippen LogP contribution in [0.1, 0.15) is 43.7 Å². The third-order valence-electron chi connectivity index (χ3n) is 4.97. The van der Waals surface area contributed by atoms with Gasteiger partial charge in [0.25, 0.3) is 0 Å². The lowest BCUT2D eigenvalue weighted by molar-refractivity contribution is 0.153. The van der Waals surface area contributed by atoms with Gasteiger partial charge in [-0.3, -0.25) is 0 Å². The van der Waals surface area contributed by atoms with Crippen LogP contribution in [0.3, 0.4) is 0 Å². The van der Waals surface area contributed by atoms with Crippen molar-refractivity contribution in [1.29, 1.82) is 0 Å². The standard InChI is InChI=1S/C20H24Cl2N6O/c1-12(2)16-11-25-28-18(16)26-20(29-15-4-3-7-23-10-15)27-19(28)24-9-13-5-6-14(21)8-17(13)22/h5-6,8,11-12,15,23H,3-4,7,9-10H2,1-2H3,(H,24,26,27). The van der Waals surface area contributed by atoms with Gasteiger partial charge in [0, 0.05) is 28.7 Å². The van der Waals surface area contributed by atoms with Gasteiger partial charge in [-0.25, -0.2) is 0 Å². The number of nitrogens with one attached hydrogen (secondary N) is 2. The summed E-state index contributed by atoms with van der Waals surface area (Å²) in [7, 11) is 0. The van der Waals surface area contributed by atoms with Crippen molar-refractivity contribution < 1.29 is 4.74 Å². The van der Waals surface area contributed by atoms with Crippen molar-refractivity contribution in [2.45, 2.75) is 45.3 Å². The average molecular weight is 435 g/mol. The molecule has 0 bridgehead atoms. The average Bonchev–Trinajstić information content (AvgIpc) is 3.12. The fourth-order valence-corrected chi connectivity index (χ4v) is 3.83. The van der Waals surface area contributed by atoms with E-state index in [-0.39, 0.29) is 12.0 Å². The molecule has 2 N–H and O–H groups in total. The van der Waals surface area contributed by atoms with Crippen LogP contribution in [0.15, 0.2) is 24.4 Å². The second-order valence-corrected chi connectivity index (χ2v) is 8.34. The van der Waals surface area contributed by atoms with Crippen molar-refractivity contribution in [2.24, 2.45) is 0 Å². The van der Waals surface area contributed by atoms with E-state index in [1.165, 1.54) is 0 Å². The van der Waals surface area contributed by atoms with Crippen LogP contribution >= 0.6 is 23.2 Å². The van der Waals surface area contributed by atoms with Crippen LogP contribution in [-0.2, 0) is 6.54 Å². The number of benzene rings is 1. The molecule has 1 atom stereocenters. The molecule has 2 aromatic heterocycles. The van der Waals surface area contributed by atoms with Crippen LogP contribution in [0.25, 0.3) is 5.65 Å². The van der Waals surface area contributed by atoms with Crippen molar-refractivity contribution in [3.8, 4) is 6.01 Å². The molecule has 29 heavy (non-hydrogen) atoms. The second kappa shape index (κ2) is 8.73. The highest BCUT2D eigenvalue weighted by atomic mass is 35.5. The Hall–Kier alpha value is -2.09. The number of halogens is 2. The zero-order valence-electron chi connectivity index (χ0n) is 16.5. The number of hydrogen-bond donors (Lipinski definition) is 2. The number of nitrogens with zero attached hydrogens (tertiary/aromatic N) is 4. The Balaban J connectivity index is 1.65. The lowest BCUT2D eigenvalue weighted by atomic mass is 10.1. The molecule has 1 aromatic carbocycles. The lowest BCUT2D eigenvalue weighted by Crippen LogP contribution is -2.37. The maximum Gasteiger partial charge on any atom is 0.322 e. The Morgan fingerprint density at radius 1 is 1.31 bits per heavy atom. The Bertz CT molecular complexity index is 1000. The van der Waals surface area contributed by atoms with Gasteiger partial charge >= 0.3 is 6.01 Å². The fraction of sp³-hybridized carbons (Fsp3) is 0.450. The smallest absolute Gasteiger partial charge is 0.322 e. The normalized spacial score (nSPS) is 17.1. The monoisotopic (exact) mass is 434 g/mol. The summed E-state index contributed by atoms with van der Waals surface area (Å²) in [6.07, 6.45) is 3.97. The summed E-state index contributed by atoms with van der Waals surface area (Å²) < 4.78 is 7.80. The summed E-state index contributed by atoms with van der Waals surface area (Å²) in [6.45, 7) is 6.53. The number of anilines is 1. The minimum absolute atomic E-state index is 0.0650. The van der Waals surface area contributed by atoms with E-state index < -0.39 is 0 Å². The molecule has 1 unspecified atom stereocenters. The van der Waals surface area contributed by atoms with Crippen molar-refractivity contribution in [2.75, 3.05) is 18.4 Å². The number of rotatable bonds is 6. The summed E-state index contributed by atoms with van der Waals surface area (Å²) >= 11 is 12.3. The van der Waals surface area contributed by atoms with E-state index in [2.05, 4.69) is 39.5 Å². The highest BCUT2D eigenvalue weighted by molar-refractivity contribution is 6.35. The van der Waals surface area contributed by atoms with Crippen molar-refractivity contribution in [1.82, 2.24) is 24.9 Å². The van der Waals surface area contributed by atoms with Crippen molar-refractivity contribution in [3.05, 3.63) is 45.6 Å². The third-order valence-corrected chi connectivity index (χ3v) is 5.56. The molecule has 0 spiro atoms. The maximum atomic E-state index is 6.31. The van der Waals surface area contributed by atoms with Crippen LogP contribution in [0.4, 0.5) is 5.95 Å². The highest BCUT2D eigenvalue weighted by Gasteiger charge is 2.20. The summed E-state index contributed by atoms with van der Waals surface area (Å²) in [6, 6.07) is 5.79. The first-order valence-corrected chi connectivity index (χ1v) is 10.6. The van der Waals surface area contributed by atoms with E-state index in [0.717, 1.165) is 42.7 Å². The van der Waals surface area contributed by atoms with Crippen LogP contribution in [0.2, 0.25) is 10.0 Å². The Labute approximate surface area is 179 Å². The topological polar surface area (TPSA) is 76.4 Å². The van der Waals surface area contributed by atoms with Crippen molar-refractivity contribution >= 4 is 34.8 Å². The first-order valence-electron chi connectivity index (χ1n) is 9.82. The molecule has 0 amide bonds. The van der Waals surface area contributed by atoms with Crippen molar-refractivity contribution in [3.63, 3.8) is 0 Å². The van der Waals surface area contributed by atoms with E-state index in [4.69, 9.17) is 27.9 Å². The van der Waals surface area contributed by atoms with Gasteiger partial charge < -0.3 is 15.4 Å². The van der Waals surface area contributed by atoms with Crippen LogP contribution in [0.5, 0.6) is 6.01 Å². The summed E-state index contributed by atoms with van der Waals surface area (Å²) in [4.78, 5) is 9.24. The molecule has 9 heteroatoms. The molecule has 7 nitrogen and oxygen atoms in total. The lowest BCUT2D eigenvalue weighted by Gasteiger charge is -2.23. The van der Waals surface area contributed by atoms with E-state index in [1.807, 2.05) is 18.3 Å². The van der Waals surface area contributed by atoms with Gasteiger partial charge in [0.1, 0.15) is 6.10 Å². The van der Waals surface area contributed by atoms with Gasteiger partial charge in [0.2, 0.25) is 5.95 Å². The summed E-state index contributed by atoms with van der Waals surface area (Å²) in [5, 5.41) is 12.4. The van der Waals surface area contributed by atoms with Gasteiger partial charge in [-0.05, 0) is 43.0 Å². The number of piperidine rings is 1. The Morgan fingerprint density at radius 2 is 2.17 bits per heavy atom. The highest BCUT2D eigenvalue weighted by Crippen LogP contribution is 2.25. The second-order valence-electron chi connectivity index (χ2n) is 7.50. The summed E-state index contributed by atoms with van der Waals surface area (Å²) in [5.41, 5.74) is 2.71. The van der Waals surface area contributed by atoms with E-state index in [0.29, 0.717) is 28.5 Å². The largest absolute Gasteiger partial charge is 0.459 e. The van der Waals surface area contributed by atoms with Gasteiger partial charge in [0.15, 0.2) is 5.65 Å². The van der Waals surface area contributed by atoms with Crippen LogP contribution in [-0.4, -0.2) is 38.8 Å². The fourth-order valence-electron chi connectivity index (χ4n) is 3.36. The number of fused-ring (bicyclic) bond motifs is 1. The predicted octanol–water partition coefficient (Wildman–Crippen LogP) is 4.30. The minimum Gasteiger partial charge on any atom is -0.459 e. The summed E-state index contributed by atoms with van der Waals surface area (Å²) in [5.74, 6) is 0.844. The van der Waals surface area contributed by atoms with E-state index in [1.54, 1.807) is 10.6 Å². The molecule has 1 aliphatic heterocycles. The zero-order chi connectivity index (χ0) is 20.4. The SMILES string of the molecule is CC(C)c1cnn2c(NCc3ccc(Cl)cc3Cl)nc(OC3CCCNC3)nc12. The van der Waals surface area contributed by atoms with E-state index in [9.17, 15) is 0 Å². The molecule has 4 rings (SSSR count). The quantitative estimate of drug-likeness (QED) is 0.602. The maximum absolute atomic E-state index is 6.31. The molecule has 0 radical (unpaired) electrons. The Kier molecular flexibility index (Phi) is 6.08. The number of ether oxygens (including phenoxy) is 1. The van der Waals surface area contributed by atoms with Gasteiger partial charge in [-0.1, -0.05) is 43.1 Å². The third kappa shape index (κ3) is 4.57. The molecule has 154 valence electrons. The van der Waals surface area contributed by atoms with Gasteiger partial charge in [-0.15, -0.1) is 0 Å². The van der Waals surface area contributed by atoms with E-state index >= 15 is 0 Å². The molecule has 3 aromatic rings. The van der Waals surface area contributed by atoms with Crippen LogP contribution in [0, 0.1) is 0 Å². The molecular weight excluding hydrogens is 411 g/mol. The minimum atomic E-state index is 0.0650. The molecule has 0 aliphatic carbocycles. The molecule has 3 heterocycles. The van der Waals surface area contributed by atoms with Crippen LogP contribution < -0.4 is 15.4 Å². The molecular formula is C20H24Cl2N6O. The molecule has 0 saturated carbocycles. The number of aromatic nitrogens is 4. The molecule has 1 saturated heterocycles. The predicted molar refractivity (Wildman–Crippen MR) is 115 cm³/mol. The first-order chi connectivity index (χ1) is 14.0. The number of hydrogen-bond acceptors (Lipinski definition) is 6. The zero-order valence-corrected chi connectivity index (χ0v) is 18.0. The van der Waals surface area contributed by atoms with Gasteiger partial charge in [0.05, 0.1) is 6.20 Å². The first kappa shape index (κ1) is 20.2. The molecule has 1 fully saturated rings.